The van der Waals surface area contributed by atoms with Crippen molar-refractivity contribution in [1.29, 1.82) is 0 Å². The molecule has 25 heavy (non-hydrogen) atoms. The molecule has 2 fully saturated rings. The number of H-pyrrole nitrogens is 1. The molecule has 4 heterocycles. The van der Waals surface area contributed by atoms with E-state index in [1.54, 1.807) is 0 Å². The van der Waals surface area contributed by atoms with Gasteiger partial charge in [0.15, 0.2) is 5.82 Å². The van der Waals surface area contributed by atoms with Gasteiger partial charge in [-0.05, 0) is 19.4 Å². The Balaban J connectivity index is 1.65. The number of nitrogens with zero attached hydrogens (tertiary/aromatic N) is 3. The summed E-state index contributed by atoms with van der Waals surface area (Å²) in [6.07, 6.45) is 2.28. The normalized spacial score (nSPS) is 26.1. The smallest absolute Gasteiger partial charge is 0.297 e. The van der Waals surface area contributed by atoms with Crippen LogP contribution in [0.15, 0.2) is 11.0 Å². The van der Waals surface area contributed by atoms with Crippen LogP contribution in [0.1, 0.15) is 19.3 Å². The lowest BCUT2D eigenvalue weighted by Crippen LogP contribution is -2.43. The molecule has 0 aromatic carbocycles. The average molecular weight is 352 g/mol. The molecule has 2 aliphatic rings. The largest absolute Gasteiger partial charge is 0.480 e. The van der Waals surface area contributed by atoms with E-state index < -0.39 is 17.5 Å². The van der Waals surface area contributed by atoms with Crippen LogP contribution in [0.2, 0.25) is 0 Å². The lowest BCUT2D eigenvalue weighted by molar-refractivity contribution is 0.107. The molecule has 2 aromatic rings. The average Bonchev–Trinajstić information content (AvgIpc) is 3.09. The van der Waals surface area contributed by atoms with E-state index in [1.807, 2.05) is 0 Å². The summed E-state index contributed by atoms with van der Waals surface area (Å²) in [7, 11) is 1.34. The van der Waals surface area contributed by atoms with Crippen molar-refractivity contribution in [3.8, 4) is 11.9 Å². The molecule has 4 rings (SSSR count). The number of fused-ring (bicyclic) bond motifs is 2. The minimum atomic E-state index is -0.875. The lowest BCUT2D eigenvalue weighted by atomic mass is 9.95. The Bertz CT molecular complexity index is 874. The predicted octanol–water partition coefficient (Wildman–Crippen LogP) is 1.42. The maximum absolute atomic E-state index is 14.0. The number of halogens is 2. The molecular weight excluding hydrogens is 334 g/mol. The Labute approximate surface area is 142 Å². The first-order chi connectivity index (χ1) is 12.0. The quantitative estimate of drug-likeness (QED) is 0.896. The predicted molar refractivity (Wildman–Crippen MR) is 85.2 cm³/mol. The number of pyridine rings is 1. The summed E-state index contributed by atoms with van der Waals surface area (Å²) < 4.78 is 38.4. The van der Waals surface area contributed by atoms with Crippen molar-refractivity contribution in [3.05, 3.63) is 22.4 Å². The zero-order valence-electron chi connectivity index (χ0n) is 13.7. The number of aromatic amines is 1. The van der Waals surface area contributed by atoms with E-state index in [0.29, 0.717) is 13.0 Å². The molecule has 134 valence electrons. The third kappa shape index (κ3) is 2.62. The molecule has 0 bridgehead atoms. The van der Waals surface area contributed by atoms with Crippen molar-refractivity contribution in [2.24, 2.45) is 0 Å². The topological polar surface area (TPSA) is 80.3 Å². The van der Waals surface area contributed by atoms with Gasteiger partial charge in [-0.3, -0.25) is 14.7 Å². The second-order valence-electron chi connectivity index (χ2n) is 6.57. The zero-order valence-corrected chi connectivity index (χ0v) is 13.7. The Morgan fingerprint density at radius 3 is 3.16 bits per heavy atom. The van der Waals surface area contributed by atoms with Crippen LogP contribution in [0, 0.1) is 5.82 Å². The van der Waals surface area contributed by atoms with Crippen LogP contribution in [0.25, 0.3) is 10.9 Å². The van der Waals surface area contributed by atoms with Crippen LogP contribution in [0.3, 0.4) is 0 Å². The molecule has 1 N–H and O–H groups in total. The highest BCUT2D eigenvalue weighted by Gasteiger charge is 2.49. The summed E-state index contributed by atoms with van der Waals surface area (Å²) in [5.74, 6) is -0.745. The number of ether oxygens (including phenoxy) is 2. The Morgan fingerprint density at radius 2 is 2.36 bits per heavy atom. The zero-order chi connectivity index (χ0) is 17.6. The van der Waals surface area contributed by atoms with Gasteiger partial charge in [-0.1, -0.05) is 0 Å². The van der Waals surface area contributed by atoms with Crippen LogP contribution in [-0.4, -0.2) is 58.4 Å². The van der Waals surface area contributed by atoms with Crippen LogP contribution in [0.5, 0.6) is 11.9 Å². The number of hydrogen-bond acceptors (Lipinski definition) is 6. The minimum Gasteiger partial charge on any atom is -0.480 e. The summed E-state index contributed by atoms with van der Waals surface area (Å²) in [5, 5.41) is -0.0693. The van der Waals surface area contributed by atoms with Crippen molar-refractivity contribution in [3.63, 3.8) is 0 Å². The molecule has 2 aromatic heterocycles. The second kappa shape index (κ2) is 5.91. The fourth-order valence-corrected chi connectivity index (χ4v) is 3.94. The minimum absolute atomic E-state index is 0.00618. The van der Waals surface area contributed by atoms with Crippen LogP contribution in [0.4, 0.5) is 8.78 Å². The van der Waals surface area contributed by atoms with Gasteiger partial charge < -0.3 is 9.47 Å². The SMILES string of the molecule is COc1ncc(F)c2nc(OC[C@@]34CCCN3C[C@H](F)C4)[nH]c(=O)c12. The molecule has 0 amide bonds. The summed E-state index contributed by atoms with van der Waals surface area (Å²) in [6.45, 7) is 1.44. The van der Waals surface area contributed by atoms with Crippen LogP contribution >= 0.6 is 0 Å². The molecule has 0 aliphatic carbocycles. The number of hydrogen-bond donors (Lipinski definition) is 1. The third-order valence-electron chi connectivity index (χ3n) is 5.06. The molecule has 0 spiro atoms. The highest BCUT2D eigenvalue weighted by atomic mass is 19.1. The summed E-state index contributed by atoms with van der Waals surface area (Å²) >= 11 is 0. The Morgan fingerprint density at radius 1 is 1.52 bits per heavy atom. The first kappa shape index (κ1) is 16.2. The Kier molecular flexibility index (Phi) is 3.82. The standard InChI is InChI=1S/C16H18F2N4O3/c1-24-14-11-12(10(18)6-19-14)20-15(21-13(11)23)25-8-16-3-2-4-22(16)7-9(17)5-16/h6,9H,2-5,7-8H2,1H3,(H,20,21,23)/t9-,16+/m1/s1. The van der Waals surface area contributed by atoms with E-state index in [9.17, 15) is 13.6 Å². The molecule has 0 saturated carbocycles. The van der Waals surface area contributed by atoms with Gasteiger partial charge >= 0.3 is 0 Å². The van der Waals surface area contributed by atoms with E-state index >= 15 is 0 Å². The highest BCUT2D eigenvalue weighted by Crippen LogP contribution is 2.40. The van der Waals surface area contributed by atoms with Gasteiger partial charge in [0.05, 0.1) is 18.8 Å². The van der Waals surface area contributed by atoms with Crippen molar-refractivity contribution < 1.29 is 18.3 Å². The summed E-state index contributed by atoms with van der Waals surface area (Å²) in [6, 6.07) is -0.0896. The summed E-state index contributed by atoms with van der Waals surface area (Å²) in [5.41, 5.74) is -1.14. The van der Waals surface area contributed by atoms with Gasteiger partial charge in [-0.15, -0.1) is 0 Å². The molecule has 7 nitrogen and oxygen atoms in total. The van der Waals surface area contributed by atoms with Crippen molar-refractivity contribution in [2.75, 3.05) is 26.8 Å². The van der Waals surface area contributed by atoms with E-state index in [1.165, 1.54) is 7.11 Å². The Hall–Kier alpha value is -2.29. The maximum atomic E-state index is 14.0. The third-order valence-corrected chi connectivity index (χ3v) is 5.06. The van der Waals surface area contributed by atoms with Crippen molar-refractivity contribution in [2.45, 2.75) is 31.0 Å². The van der Waals surface area contributed by atoms with Crippen molar-refractivity contribution >= 4 is 10.9 Å². The summed E-state index contributed by atoms with van der Waals surface area (Å²) in [4.78, 5) is 24.6. The van der Waals surface area contributed by atoms with E-state index in [0.717, 1.165) is 25.6 Å². The fraction of sp³-hybridized carbons (Fsp3) is 0.562. The molecular formula is C16H18F2N4O3. The first-order valence-corrected chi connectivity index (χ1v) is 8.17. The molecule has 2 aliphatic heterocycles. The lowest BCUT2D eigenvalue weighted by Gasteiger charge is -2.30. The monoisotopic (exact) mass is 352 g/mol. The molecule has 0 unspecified atom stereocenters. The number of nitrogens with one attached hydrogen (secondary N) is 1. The molecule has 0 radical (unpaired) electrons. The number of alkyl halides is 1. The van der Waals surface area contributed by atoms with Crippen molar-refractivity contribution in [1.82, 2.24) is 19.9 Å². The molecule has 2 atom stereocenters. The van der Waals surface area contributed by atoms with E-state index in [2.05, 4.69) is 19.9 Å². The van der Waals surface area contributed by atoms with Gasteiger partial charge in [0.1, 0.15) is 23.7 Å². The van der Waals surface area contributed by atoms with Gasteiger partial charge in [0.2, 0.25) is 5.88 Å². The molecule has 9 heteroatoms. The van der Waals surface area contributed by atoms with Crippen LogP contribution in [-0.2, 0) is 0 Å². The molecule has 2 saturated heterocycles. The number of rotatable bonds is 4. The van der Waals surface area contributed by atoms with Gasteiger partial charge in [0.25, 0.3) is 11.6 Å². The van der Waals surface area contributed by atoms with Crippen LogP contribution < -0.4 is 15.0 Å². The number of methoxy groups -OCH3 is 1. The highest BCUT2D eigenvalue weighted by molar-refractivity contribution is 5.83. The van der Waals surface area contributed by atoms with E-state index in [-0.39, 0.29) is 34.9 Å². The van der Waals surface area contributed by atoms with Gasteiger partial charge in [-0.2, -0.15) is 4.98 Å². The van der Waals surface area contributed by atoms with Gasteiger partial charge in [-0.25, -0.2) is 13.8 Å². The first-order valence-electron chi connectivity index (χ1n) is 8.17. The maximum Gasteiger partial charge on any atom is 0.297 e. The fourth-order valence-electron chi connectivity index (χ4n) is 3.94. The second-order valence-corrected chi connectivity index (χ2v) is 6.57. The van der Waals surface area contributed by atoms with Gasteiger partial charge in [0, 0.05) is 13.0 Å². The van der Waals surface area contributed by atoms with E-state index in [4.69, 9.17) is 9.47 Å². The number of aromatic nitrogens is 3.